The van der Waals surface area contributed by atoms with Crippen LogP contribution >= 0.6 is 11.6 Å². The van der Waals surface area contributed by atoms with Crippen LogP contribution in [0.4, 0.5) is 11.4 Å². The molecule has 1 aliphatic heterocycles. The van der Waals surface area contributed by atoms with E-state index in [2.05, 4.69) is 10.2 Å². The molecule has 0 aromatic heterocycles. The van der Waals surface area contributed by atoms with Crippen LogP contribution in [-0.4, -0.2) is 26.0 Å². The second-order valence-electron chi connectivity index (χ2n) is 4.59. The first-order valence-corrected chi connectivity index (χ1v) is 6.51. The lowest BCUT2D eigenvalue weighted by molar-refractivity contribution is -0.125. The van der Waals surface area contributed by atoms with Gasteiger partial charge in [-0.3, -0.25) is 4.79 Å². The Morgan fingerprint density at radius 2 is 2.11 bits per heavy atom. The van der Waals surface area contributed by atoms with Crippen LogP contribution in [-0.2, 0) is 4.79 Å². The Morgan fingerprint density at radius 1 is 1.44 bits per heavy atom. The van der Waals surface area contributed by atoms with Gasteiger partial charge in [-0.05, 0) is 31.0 Å². The molecule has 5 heteroatoms. The Bertz CT molecular complexity index is 442. The Hall–Kier alpha value is -1.42. The van der Waals surface area contributed by atoms with Crippen molar-refractivity contribution in [1.82, 2.24) is 5.32 Å². The number of nitrogens with one attached hydrogen (secondary N) is 1. The van der Waals surface area contributed by atoms with Crippen molar-refractivity contribution in [2.45, 2.75) is 12.8 Å². The van der Waals surface area contributed by atoms with Crippen molar-refractivity contribution in [2.75, 3.05) is 30.8 Å². The Kier molecular flexibility index (Phi) is 3.97. The highest BCUT2D eigenvalue weighted by atomic mass is 35.5. The van der Waals surface area contributed by atoms with Crippen LogP contribution < -0.4 is 16.0 Å². The number of nitrogens with zero attached hydrogens (tertiary/aromatic N) is 1. The van der Waals surface area contributed by atoms with Crippen LogP contribution in [0.1, 0.15) is 12.8 Å². The Morgan fingerprint density at radius 3 is 2.67 bits per heavy atom. The number of piperidine rings is 1. The predicted octanol–water partition coefficient (Wildman–Crippen LogP) is 1.88. The topological polar surface area (TPSA) is 58.4 Å². The molecular weight excluding hydrogens is 250 g/mol. The van der Waals surface area contributed by atoms with Crippen molar-refractivity contribution in [3.8, 4) is 0 Å². The molecule has 0 radical (unpaired) electrons. The van der Waals surface area contributed by atoms with Gasteiger partial charge in [-0.15, -0.1) is 0 Å². The maximum atomic E-state index is 11.5. The Labute approximate surface area is 112 Å². The maximum absolute atomic E-state index is 11.5. The molecule has 0 atom stereocenters. The third-order valence-electron chi connectivity index (χ3n) is 3.42. The summed E-state index contributed by atoms with van der Waals surface area (Å²) in [5.74, 6) is 0.261. The first-order chi connectivity index (χ1) is 8.61. The first-order valence-electron chi connectivity index (χ1n) is 6.13. The van der Waals surface area contributed by atoms with E-state index >= 15 is 0 Å². The molecule has 1 aromatic carbocycles. The minimum Gasteiger partial charge on any atom is -0.399 e. The lowest BCUT2D eigenvalue weighted by Crippen LogP contribution is -2.39. The van der Waals surface area contributed by atoms with Crippen molar-refractivity contribution in [3.63, 3.8) is 0 Å². The van der Waals surface area contributed by atoms with Crippen LogP contribution in [0.15, 0.2) is 18.2 Å². The van der Waals surface area contributed by atoms with Gasteiger partial charge >= 0.3 is 0 Å². The molecule has 0 saturated carbocycles. The molecule has 4 nitrogen and oxygen atoms in total. The van der Waals surface area contributed by atoms with E-state index in [1.54, 1.807) is 13.1 Å². The fourth-order valence-corrected chi connectivity index (χ4v) is 2.67. The quantitative estimate of drug-likeness (QED) is 0.805. The average molecular weight is 268 g/mol. The highest BCUT2D eigenvalue weighted by Gasteiger charge is 2.25. The van der Waals surface area contributed by atoms with Gasteiger partial charge in [0.25, 0.3) is 0 Å². The summed E-state index contributed by atoms with van der Waals surface area (Å²) in [6.45, 7) is 1.70. The molecule has 1 fully saturated rings. The highest BCUT2D eigenvalue weighted by molar-refractivity contribution is 6.33. The molecule has 1 heterocycles. The number of halogens is 1. The molecule has 18 heavy (non-hydrogen) atoms. The normalized spacial score (nSPS) is 16.7. The molecule has 0 unspecified atom stereocenters. The molecule has 3 N–H and O–H groups in total. The van der Waals surface area contributed by atoms with E-state index in [1.807, 2.05) is 12.1 Å². The monoisotopic (exact) mass is 267 g/mol. The van der Waals surface area contributed by atoms with E-state index in [4.69, 9.17) is 17.3 Å². The lowest BCUT2D eigenvalue weighted by atomic mass is 9.95. The summed E-state index contributed by atoms with van der Waals surface area (Å²) >= 11 is 6.19. The van der Waals surface area contributed by atoms with E-state index < -0.39 is 0 Å². The van der Waals surface area contributed by atoms with Crippen LogP contribution in [0.5, 0.6) is 0 Å². The number of carbonyl (C=O) groups excluding carboxylic acids is 1. The van der Waals surface area contributed by atoms with Crippen LogP contribution in [0.25, 0.3) is 0 Å². The number of nitrogen functional groups attached to an aromatic ring is 1. The summed E-state index contributed by atoms with van der Waals surface area (Å²) in [5.41, 5.74) is 7.35. The number of hydrogen-bond donors (Lipinski definition) is 2. The van der Waals surface area contributed by atoms with Crippen molar-refractivity contribution in [3.05, 3.63) is 23.2 Å². The van der Waals surface area contributed by atoms with Crippen LogP contribution in [0.3, 0.4) is 0 Å². The summed E-state index contributed by atoms with van der Waals surface area (Å²) in [4.78, 5) is 13.8. The first kappa shape index (κ1) is 13.0. The zero-order valence-corrected chi connectivity index (χ0v) is 11.2. The fourth-order valence-electron chi connectivity index (χ4n) is 2.37. The van der Waals surface area contributed by atoms with Gasteiger partial charge in [0.2, 0.25) is 5.91 Å². The maximum Gasteiger partial charge on any atom is 0.222 e. The van der Waals surface area contributed by atoms with Crippen molar-refractivity contribution in [1.29, 1.82) is 0 Å². The van der Waals surface area contributed by atoms with Gasteiger partial charge in [-0.1, -0.05) is 11.6 Å². The van der Waals surface area contributed by atoms with Gasteiger partial charge in [-0.2, -0.15) is 0 Å². The standard InChI is InChI=1S/C13H18ClN3O/c1-16-13(18)9-4-6-17(7-5-9)12-3-2-10(15)8-11(12)14/h2-3,8-9H,4-7,15H2,1H3,(H,16,18). The number of rotatable bonds is 2. The molecule has 0 aliphatic carbocycles. The third-order valence-corrected chi connectivity index (χ3v) is 3.73. The van der Waals surface area contributed by atoms with Crippen LogP contribution in [0.2, 0.25) is 5.02 Å². The van der Waals surface area contributed by atoms with Gasteiger partial charge in [0.15, 0.2) is 0 Å². The molecule has 0 spiro atoms. The molecule has 2 rings (SSSR count). The molecule has 98 valence electrons. The number of nitrogens with two attached hydrogens (primary N) is 1. The van der Waals surface area contributed by atoms with E-state index in [-0.39, 0.29) is 11.8 Å². The van der Waals surface area contributed by atoms with E-state index in [1.165, 1.54) is 0 Å². The molecule has 1 aliphatic rings. The van der Waals surface area contributed by atoms with Crippen molar-refractivity contribution < 1.29 is 4.79 Å². The van der Waals surface area contributed by atoms with Gasteiger partial charge < -0.3 is 16.0 Å². The molecular formula is C13H18ClN3O. The lowest BCUT2D eigenvalue weighted by Gasteiger charge is -2.33. The number of carbonyl (C=O) groups is 1. The number of hydrogen-bond acceptors (Lipinski definition) is 3. The molecule has 1 saturated heterocycles. The minimum absolute atomic E-state index is 0.124. The van der Waals surface area contributed by atoms with E-state index in [9.17, 15) is 4.79 Å². The zero-order valence-electron chi connectivity index (χ0n) is 10.4. The SMILES string of the molecule is CNC(=O)C1CCN(c2ccc(N)cc2Cl)CC1. The molecule has 1 aromatic rings. The highest BCUT2D eigenvalue weighted by Crippen LogP contribution is 2.31. The average Bonchev–Trinajstić information content (AvgIpc) is 2.38. The molecule has 1 amide bonds. The van der Waals surface area contributed by atoms with E-state index in [0.29, 0.717) is 10.7 Å². The molecule has 0 bridgehead atoms. The summed E-state index contributed by atoms with van der Waals surface area (Å²) in [6.07, 6.45) is 1.72. The van der Waals surface area contributed by atoms with Gasteiger partial charge in [0.1, 0.15) is 0 Å². The second kappa shape index (κ2) is 5.48. The second-order valence-corrected chi connectivity index (χ2v) is 4.99. The van der Waals surface area contributed by atoms with Gasteiger partial charge in [-0.25, -0.2) is 0 Å². The summed E-state index contributed by atoms with van der Waals surface area (Å²) in [6, 6.07) is 5.56. The Balaban J connectivity index is 2.03. The van der Waals surface area contributed by atoms with Crippen molar-refractivity contribution >= 4 is 28.9 Å². The van der Waals surface area contributed by atoms with Gasteiger partial charge in [0.05, 0.1) is 10.7 Å². The summed E-state index contributed by atoms with van der Waals surface area (Å²) < 4.78 is 0. The minimum atomic E-state index is 0.124. The number of benzene rings is 1. The smallest absolute Gasteiger partial charge is 0.222 e. The summed E-state index contributed by atoms with van der Waals surface area (Å²) in [7, 11) is 1.69. The third kappa shape index (κ3) is 2.70. The zero-order chi connectivity index (χ0) is 13.1. The number of amides is 1. The van der Waals surface area contributed by atoms with Crippen molar-refractivity contribution in [2.24, 2.45) is 5.92 Å². The summed E-state index contributed by atoms with van der Waals surface area (Å²) in [5, 5.41) is 3.38. The van der Waals surface area contributed by atoms with E-state index in [0.717, 1.165) is 31.6 Å². The fraction of sp³-hybridized carbons (Fsp3) is 0.462. The van der Waals surface area contributed by atoms with Gasteiger partial charge in [0, 0.05) is 31.7 Å². The van der Waals surface area contributed by atoms with Crippen LogP contribution in [0, 0.1) is 5.92 Å². The predicted molar refractivity (Wildman–Crippen MR) is 74.9 cm³/mol. The number of anilines is 2. The largest absolute Gasteiger partial charge is 0.399 e.